The first kappa shape index (κ1) is 9.14. The van der Waals surface area contributed by atoms with Crippen LogP contribution in [-0.4, -0.2) is 32.5 Å². The highest BCUT2D eigenvalue weighted by Gasteiger charge is 2.11. The molecule has 1 fully saturated rings. The van der Waals surface area contributed by atoms with Gasteiger partial charge in [-0.2, -0.15) is 0 Å². The summed E-state index contributed by atoms with van der Waals surface area (Å²) >= 11 is 0. The maximum atomic E-state index is 11.7. The van der Waals surface area contributed by atoms with Gasteiger partial charge in [0.25, 0.3) is 0 Å². The zero-order chi connectivity index (χ0) is 5.82. The largest absolute Gasteiger partial charge is 0.373 e. The Morgan fingerprint density at radius 3 is 2.78 bits per heavy atom. The maximum absolute atomic E-state index is 11.7. The second-order valence-electron chi connectivity index (χ2n) is 1.85. The minimum Gasteiger partial charge on any atom is -0.373 e. The van der Waals surface area contributed by atoms with Crippen molar-refractivity contribution >= 4 is 12.4 Å². The highest BCUT2D eigenvalue weighted by Crippen LogP contribution is 1.94. The Morgan fingerprint density at radius 2 is 2.44 bits per heavy atom. The van der Waals surface area contributed by atoms with Crippen LogP contribution in [0.25, 0.3) is 0 Å². The minimum atomic E-state index is -0.368. The molecule has 1 heterocycles. The maximum Gasteiger partial charge on any atom is 0.117 e. The summed E-state index contributed by atoms with van der Waals surface area (Å²) in [5, 5.41) is 3.02. The van der Waals surface area contributed by atoms with Gasteiger partial charge in [0.1, 0.15) is 6.67 Å². The van der Waals surface area contributed by atoms with Gasteiger partial charge in [-0.15, -0.1) is 12.4 Å². The Morgan fingerprint density at radius 1 is 1.67 bits per heavy atom. The summed E-state index contributed by atoms with van der Waals surface area (Å²) in [5.41, 5.74) is 0. The van der Waals surface area contributed by atoms with Gasteiger partial charge in [-0.3, -0.25) is 0 Å². The lowest BCUT2D eigenvalue weighted by molar-refractivity contribution is 0.0137. The summed E-state index contributed by atoms with van der Waals surface area (Å²) in [6, 6.07) is 0. The average Bonchev–Trinajstić information content (AvgIpc) is 1.90. The third-order valence-corrected chi connectivity index (χ3v) is 1.18. The van der Waals surface area contributed by atoms with Crippen molar-refractivity contribution in [2.75, 3.05) is 26.4 Å². The first-order valence-corrected chi connectivity index (χ1v) is 2.82. The first-order valence-electron chi connectivity index (χ1n) is 2.82. The van der Waals surface area contributed by atoms with Crippen molar-refractivity contribution in [3.63, 3.8) is 0 Å². The number of halogens is 2. The fourth-order valence-electron chi connectivity index (χ4n) is 0.719. The molecule has 56 valence electrons. The normalized spacial score (nSPS) is 27.0. The molecule has 1 aliphatic heterocycles. The van der Waals surface area contributed by atoms with Crippen LogP contribution >= 0.6 is 12.4 Å². The number of hydrogen-bond acceptors (Lipinski definition) is 2. The molecule has 0 aromatic heterocycles. The predicted octanol–water partition coefficient (Wildman–Crippen LogP) is 0.366. The van der Waals surface area contributed by atoms with E-state index in [4.69, 9.17) is 4.74 Å². The highest BCUT2D eigenvalue weighted by molar-refractivity contribution is 5.85. The van der Waals surface area contributed by atoms with Crippen molar-refractivity contribution in [1.29, 1.82) is 0 Å². The average molecular weight is 156 g/mol. The summed E-state index contributed by atoms with van der Waals surface area (Å²) in [5.74, 6) is 0. The Balaban J connectivity index is 0.000000640. The van der Waals surface area contributed by atoms with Crippen LogP contribution < -0.4 is 5.32 Å². The summed E-state index contributed by atoms with van der Waals surface area (Å²) < 4.78 is 16.7. The van der Waals surface area contributed by atoms with E-state index in [1.165, 1.54) is 0 Å². The molecule has 9 heavy (non-hydrogen) atoms. The quantitative estimate of drug-likeness (QED) is 0.591. The van der Waals surface area contributed by atoms with Gasteiger partial charge < -0.3 is 10.1 Å². The third-order valence-electron chi connectivity index (χ3n) is 1.18. The summed E-state index contributed by atoms with van der Waals surface area (Å²) in [6.45, 7) is 1.80. The Bertz CT molecular complexity index is 68.0. The third kappa shape index (κ3) is 2.98. The van der Waals surface area contributed by atoms with Gasteiger partial charge in [-0.05, 0) is 0 Å². The molecule has 0 amide bonds. The van der Waals surface area contributed by atoms with Gasteiger partial charge in [-0.1, -0.05) is 0 Å². The van der Waals surface area contributed by atoms with Crippen LogP contribution in [0.15, 0.2) is 0 Å². The monoisotopic (exact) mass is 155 g/mol. The van der Waals surface area contributed by atoms with Crippen molar-refractivity contribution in [2.24, 2.45) is 0 Å². The minimum absolute atomic E-state index is 0. The number of morpholine rings is 1. The van der Waals surface area contributed by atoms with Gasteiger partial charge in [0.15, 0.2) is 0 Å². The SMILES string of the molecule is Cl.FCC1CNCCO1. The molecule has 1 aliphatic rings. The van der Waals surface area contributed by atoms with Crippen LogP contribution in [0, 0.1) is 0 Å². The lowest BCUT2D eigenvalue weighted by Crippen LogP contribution is -2.39. The van der Waals surface area contributed by atoms with Crippen molar-refractivity contribution in [2.45, 2.75) is 6.10 Å². The van der Waals surface area contributed by atoms with Crippen molar-refractivity contribution < 1.29 is 9.13 Å². The van der Waals surface area contributed by atoms with Gasteiger partial charge >= 0.3 is 0 Å². The van der Waals surface area contributed by atoms with E-state index in [-0.39, 0.29) is 25.2 Å². The standard InChI is InChI=1S/C5H10FNO.ClH/c6-3-5-4-7-1-2-8-5;/h5,7H,1-4H2;1H. The molecule has 0 aromatic rings. The van der Waals surface area contributed by atoms with E-state index in [0.717, 1.165) is 6.54 Å². The molecule has 1 rings (SSSR count). The van der Waals surface area contributed by atoms with E-state index in [1.54, 1.807) is 0 Å². The van der Waals surface area contributed by atoms with Crippen molar-refractivity contribution in [3.05, 3.63) is 0 Å². The van der Waals surface area contributed by atoms with Gasteiger partial charge in [0, 0.05) is 13.1 Å². The van der Waals surface area contributed by atoms with Crippen LogP contribution in [-0.2, 0) is 4.74 Å². The number of hydrogen-bond donors (Lipinski definition) is 1. The second kappa shape index (κ2) is 4.97. The molecule has 0 radical (unpaired) electrons. The summed E-state index contributed by atoms with van der Waals surface area (Å²) in [7, 11) is 0. The van der Waals surface area contributed by atoms with Gasteiger partial charge in [0.05, 0.1) is 12.7 Å². The Kier molecular flexibility index (Phi) is 5.04. The van der Waals surface area contributed by atoms with E-state index in [0.29, 0.717) is 13.2 Å². The van der Waals surface area contributed by atoms with E-state index in [1.807, 2.05) is 0 Å². The summed E-state index contributed by atoms with van der Waals surface area (Å²) in [6.07, 6.45) is -0.191. The number of ether oxygens (including phenoxy) is 1. The number of nitrogens with one attached hydrogen (secondary N) is 1. The zero-order valence-electron chi connectivity index (χ0n) is 5.10. The molecule has 1 atom stereocenters. The molecule has 0 bridgehead atoms. The highest BCUT2D eigenvalue weighted by atomic mass is 35.5. The molecule has 2 nitrogen and oxygen atoms in total. The zero-order valence-corrected chi connectivity index (χ0v) is 5.92. The topological polar surface area (TPSA) is 21.3 Å². The Hall–Kier alpha value is 0.140. The molecule has 1 N–H and O–H groups in total. The van der Waals surface area contributed by atoms with Crippen LogP contribution in [0.1, 0.15) is 0 Å². The lowest BCUT2D eigenvalue weighted by Gasteiger charge is -2.20. The van der Waals surface area contributed by atoms with Crippen molar-refractivity contribution in [1.82, 2.24) is 5.32 Å². The van der Waals surface area contributed by atoms with Crippen LogP contribution in [0.3, 0.4) is 0 Å². The molecule has 1 unspecified atom stereocenters. The molecular formula is C5H11ClFNO. The second-order valence-corrected chi connectivity index (χ2v) is 1.85. The van der Waals surface area contributed by atoms with Gasteiger partial charge in [-0.25, -0.2) is 4.39 Å². The molecule has 0 saturated carbocycles. The molecule has 0 spiro atoms. The Labute approximate surface area is 60.2 Å². The first-order chi connectivity index (χ1) is 3.93. The smallest absolute Gasteiger partial charge is 0.117 e. The predicted molar refractivity (Wildman–Crippen MR) is 35.8 cm³/mol. The molecule has 1 saturated heterocycles. The van der Waals surface area contributed by atoms with Crippen LogP contribution in [0.5, 0.6) is 0 Å². The number of alkyl halides is 1. The van der Waals surface area contributed by atoms with E-state index < -0.39 is 0 Å². The fourth-order valence-corrected chi connectivity index (χ4v) is 0.719. The van der Waals surface area contributed by atoms with Crippen LogP contribution in [0.4, 0.5) is 4.39 Å². The van der Waals surface area contributed by atoms with Crippen molar-refractivity contribution in [3.8, 4) is 0 Å². The molecule has 0 aromatic carbocycles. The van der Waals surface area contributed by atoms with Crippen LogP contribution in [0.2, 0.25) is 0 Å². The molecular weight excluding hydrogens is 145 g/mol. The summed E-state index contributed by atoms with van der Waals surface area (Å²) in [4.78, 5) is 0. The molecule has 4 heteroatoms. The fraction of sp³-hybridized carbons (Fsp3) is 1.00. The lowest BCUT2D eigenvalue weighted by atomic mass is 10.3. The van der Waals surface area contributed by atoms with E-state index in [2.05, 4.69) is 5.32 Å². The number of rotatable bonds is 1. The van der Waals surface area contributed by atoms with Gasteiger partial charge in [0.2, 0.25) is 0 Å². The van der Waals surface area contributed by atoms with E-state index >= 15 is 0 Å². The molecule has 0 aliphatic carbocycles. The van der Waals surface area contributed by atoms with E-state index in [9.17, 15) is 4.39 Å².